The van der Waals surface area contributed by atoms with E-state index >= 15 is 0 Å². The standard InChI is InChI=1S/C14H29NO/c1-4-6-7-8-9-10-12-16-14(3)13-15-11-5-2/h5,14-15H,2,4,6-13H2,1,3H3. The van der Waals surface area contributed by atoms with Gasteiger partial charge in [0.2, 0.25) is 0 Å². The van der Waals surface area contributed by atoms with Crippen molar-refractivity contribution in [1.29, 1.82) is 0 Å². The predicted octanol–water partition coefficient (Wildman–Crippen LogP) is 3.53. The van der Waals surface area contributed by atoms with Crippen LogP contribution in [0, 0.1) is 0 Å². The third kappa shape index (κ3) is 11.7. The van der Waals surface area contributed by atoms with Gasteiger partial charge in [-0.1, -0.05) is 45.1 Å². The highest BCUT2D eigenvalue weighted by molar-refractivity contribution is 4.70. The van der Waals surface area contributed by atoms with Crippen LogP contribution in [0.1, 0.15) is 52.4 Å². The molecule has 0 aromatic heterocycles. The minimum absolute atomic E-state index is 0.315. The van der Waals surface area contributed by atoms with Gasteiger partial charge in [-0.05, 0) is 13.3 Å². The van der Waals surface area contributed by atoms with Crippen LogP contribution in [0.3, 0.4) is 0 Å². The molecule has 0 radical (unpaired) electrons. The van der Waals surface area contributed by atoms with E-state index in [4.69, 9.17) is 4.74 Å². The molecule has 16 heavy (non-hydrogen) atoms. The lowest BCUT2D eigenvalue weighted by molar-refractivity contribution is 0.0637. The van der Waals surface area contributed by atoms with Gasteiger partial charge < -0.3 is 10.1 Å². The summed E-state index contributed by atoms with van der Waals surface area (Å²) in [5, 5.41) is 3.26. The van der Waals surface area contributed by atoms with Crippen LogP contribution in [0.15, 0.2) is 12.7 Å². The quantitative estimate of drug-likeness (QED) is 0.407. The first kappa shape index (κ1) is 15.7. The summed E-state index contributed by atoms with van der Waals surface area (Å²) in [6.45, 7) is 10.7. The Morgan fingerprint density at radius 1 is 1.19 bits per heavy atom. The average Bonchev–Trinajstić information content (AvgIpc) is 2.28. The lowest BCUT2D eigenvalue weighted by Gasteiger charge is -2.13. The van der Waals surface area contributed by atoms with Gasteiger partial charge in [0.25, 0.3) is 0 Å². The Bertz CT molecular complexity index is 148. The van der Waals surface area contributed by atoms with Gasteiger partial charge in [0.15, 0.2) is 0 Å². The zero-order valence-electron chi connectivity index (χ0n) is 11.1. The summed E-state index contributed by atoms with van der Waals surface area (Å²) in [6.07, 6.45) is 10.1. The lowest BCUT2D eigenvalue weighted by atomic mass is 10.1. The molecule has 0 amide bonds. The summed E-state index contributed by atoms with van der Waals surface area (Å²) < 4.78 is 5.70. The molecule has 0 aliphatic carbocycles. The Balaban J connectivity index is 3.08. The molecular formula is C14H29NO. The fourth-order valence-corrected chi connectivity index (χ4v) is 1.61. The Kier molecular flexibility index (Phi) is 12.5. The van der Waals surface area contributed by atoms with E-state index in [1.54, 1.807) is 0 Å². The van der Waals surface area contributed by atoms with E-state index in [-0.39, 0.29) is 0 Å². The van der Waals surface area contributed by atoms with Gasteiger partial charge in [0.05, 0.1) is 6.10 Å². The van der Waals surface area contributed by atoms with Crippen molar-refractivity contribution >= 4 is 0 Å². The molecule has 0 aromatic carbocycles. The zero-order chi connectivity index (χ0) is 12.1. The van der Waals surface area contributed by atoms with Gasteiger partial charge >= 0.3 is 0 Å². The molecule has 0 fully saturated rings. The molecule has 0 saturated carbocycles. The molecule has 0 rings (SSSR count). The van der Waals surface area contributed by atoms with Crippen molar-refractivity contribution in [2.75, 3.05) is 19.7 Å². The maximum Gasteiger partial charge on any atom is 0.0671 e. The summed E-state index contributed by atoms with van der Waals surface area (Å²) in [6, 6.07) is 0. The monoisotopic (exact) mass is 227 g/mol. The predicted molar refractivity (Wildman–Crippen MR) is 71.9 cm³/mol. The van der Waals surface area contributed by atoms with Crippen molar-refractivity contribution in [1.82, 2.24) is 5.32 Å². The van der Waals surface area contributed by atoms with E-state index in [2.05, 4.69) is 25.7 Å². The first-order valence-electron chi connectivity index (χ1n) is 6.74. The molecule has 1 atom stereocenters. The highest BCUT2D eigenvalue weighted by atomic mass is 16.5. The summed E-state index contributed by atoms with van der Waals surface area (Å²) in [7, 11) is 0. The van der Waals surface area contributed by atoms with Crippen molar-refractivity contribution < 1.29 is 4.74 Å². The second-order valence-corrected chi connectivity index (χ2v) is 4.40. The number of unbranched alkanes of at least 4 members (excludes halogenated alkanes) is 5. The molecule has 2 nitrogen and oxygen atoms in total. The van der Waals surface area contributed by atoms with E-state index in [1.165, 1.54) is 38.5 Å². The van der Waals surface area contributed by atoms with Crippen LogP contribution in [0.25, 0.3) is 0 Å². The van der Waals surface area contributed by atoms with E-state index < -0.39 is 0 Å². The highest BCUT2D eigenvalue weighted by Gasteiger charge is 2.00. The third-order valence-electron chi connectivity index (χ3n) is 2.62. The second-order valence-electron chi connectivity index (χ2n) is 4.40. The average molecular weight is 227 g/mol. The number of hydrogen-bond acceptors (Lipinski definition) is 2. The van der Waals surface area contributed by atoms with Crippen LogP contribution in [0.4, 0.5) is 0 Å². The van der Waals surface area contributed by atoms with Gasteiger partial charge in [0.1, 0.15) is 0 Å². The number of ether oxygens (including phenoxy) is 1. The summed E-state index contributed by atoms with van der Waals surface area (Å²) in [5.41, 5.74) is 0. The summed E-state index contributed by atoms with van der Waals surface area (Å²) in [5.74, 6) is 0. The topological polar surface area (TPSA) is 21.3 Å². The number of rotatable bonds is 12. The molecule has 0 aliphatic rings. The summed E-state index contributed by atoms with van der Waals surface area (Å²) in [4.78, 5) is 0. The Morgan fingerprint density at radius 3 is 2.56 bits per heavy atom. The number of hydrogen-bond donors (Lipinski definition) is 1. The SMILES string of the molecule is C=CCNCC(C)OCCCCCCCC. The minimum atomic E-state index is 0.315. The molecule has 0 spiro atoms. The van der Waals surface area contributed by atoms with Crippen LogP contribution in [0.2, 0.25) is 0 Å². The van der Waals surface area contributed by atoms with E-state index in [0.717, 1.165) is 19.7 Å². The molecule has 0 heterocycles. The smallest absolute Gasteiger partial charge is 0.0671 e. The molecule has 0 aliphatic heterocycles. The molecular weight excluding hydrogens is 198 g/mol. The van der Waals surface area contributed by atoms with Crippen molar-refractivity contribution in [3.8, 4) is 0 Å². The van der Waals surface area contributed by atoms with E-state index in [0.29, 0.717) is 6.10 Å². The van der Waals surface area contributed by atoms with Gasteiger partial charge in [-0.15, -0.1) is 6.58 Å². The lowest BCUT2D eigenvalue weighted by Crippen LogP contribution is -2.27. The molecule has 1 N–H and O–H groups in total. The Labute approximate surface area is 101 Å². The normalized spacial score (nSPS) is 12.6. The fourth-order valence-electron chi connectivity index (χ4n) is 1.61. The fraction of sp³-hybridized carbons (Fsp3) is 0.857. The highest BCUT2D eigenvalue weighted by Crippen LogP contribution is 2.05. The maximum atomic E-state index is 5.70. The molecule has 1 unspecified atom stereocenters. The maximum absolute atomic E-state index is 5.70. The first-order chi connectivity index (χ1) is 7.81. The van der Waals surface area contributed by atoms with Crippen LogP contribution in [-0.4, -0.2) is 25.8 Å². The van der Waals surface area contributed by atoms with Crippen LogP contribution >= 0.6 is 0 Å². The molecule has 96 valence electrons. The van der Waals surface area contributed by atoms with Crippen molar-refractivity contribution in [3.63, 3.8) is 0 Å². The van der Waals surface area contributed by atoms with Crippen molar-refractivity contribution in [2.45, 2.75) is 58.5 Å². The van der Waals surface area contributed by atoms with Crippen molar-refractivity contribution in [3.05, 3.63) is 12.7 Å². The van der Waals surface area contributed by atoms with E-state index in [1.807, 2.05) is 6.08 Å². The zero-order valence-corrected chi connectivity index (χ0v) is 11.1. The van der Waals surface area contributed by atoms with Gasteiger partial charge in [-0.25, -0.2) is 0 Å². The molecule has 0 saturated heterocycles. The first-order valence-corrected chi connectivity index (χ1v) is 6.74. The Hall–Kier alpha value is -0.340. The molecule has 0 aromatic rings. The molecule has 2 heteroatoms. The number of nitrogens with one attached hydrogen (secondary N) is 1. The van der Waals surface area contributed by atoms with Crippen LogP contribution in [-0.2, 0) is 4.74 Å². The molecule has 0 bridgehead atoms. The van der Waals surface area contributed by atoms with Gasteiger partial charge in [-0.2, -0.15) is 0 Å². The van der Waals surface area contributed by atoms with Gasteiger partial charge in [-0.3, -0.25) is 0 Å². The van der Waals surface area contributed by atoms with Gasteiger partial charge in [0, 0.05) is 19.7 Å². The second kappa shape index (κ2) is 12.7. The van der Waals surface area contributed by atoms with Crippen LogP contribution < -0.4 is 5.32 Å². The largest absolute Gasteiger partial charge is 0.377 e. The van der Waals surface area contributed by atoms with Crippen molar-refractivity contribution in [2.24, 2.45) is 0 Å². The third-order valence-corrected chi connectivity index (χ3v) is 2.62. The minimum Gasteiger partial charge on any atom is -0.377 e. The van der Waals surface area contributed by atoms with E-state index in [9.17, 15) is 0 Å². The summed E-state index contributed by atoms with van der Waals surface area (Å²) >= 11 is 0. The Morgan fingerprint density at radius 2 is 1.88 bits per heavy atom. The van der Waals surface area contributed by atoms with Crippen LogP contribution in [0.5, 0.6) is 0 Å².